The van der Waals surface area contributed by atoms with Crippen LogP contribution in [-0.2, 0) is 0 Å². The van der Waals surface area contributed by atoms with Gasteiger partial charge in [-0.3, -0.25) is 0 Å². The lowest BCUT2D eigenvalue weighted by molar-refractivity contribution is 0.258. The Morgan fingerprint density at radius 2 is 2.36 bits per heavy atom. The molecule has 2 aromatic rings. The molecule has 8 heteroatoms. The summed E-state index contributed by atoms with van der Waals surface area (Å²) in [4.78, 5) is 11.2. The van der Waals surface area contributed by atoms with Crippen LogP contribution in [-0.4, -0.2) is 32.5 Å². The van der Waals surface area contributed by atoms with Crippen molar-refractivity contribution in [2.75, 3.05) is 7.11 Å². The van der Waals surface area contributed by atoms with Gasteiger partial charge in [0, 0.05) is 0 Å². The number of nitrogens with one attached hydrogen (secondary N) is 1. The Hall–Kier alpha value is -2.12. The lowest BCUT2D eigenvalue weighted by Crippen LogP contribution is -2.16. The van der Waals surface area contributed by atoms with Crippen molar-refractivity contribution >= 4 is 0 Å². The van der Waals surface area contributed by atoms with Crippen molar-refractivity contribution in [3.05, 3.63) is 16.2 Å². The number of hydrogen-bond acceptors (Lipinski definition) is 6. The van der Waals surface area contributed by atoms with Gasteiger partial charge in [-0.15, -0.1) is 0 Å². The maximum atomic E-state index is 11.2. The number of ether oxygens (including phenoxy) is 1. The highest BCUT2D eigenvalue weighted by Crippen LogP contribution is 2.23. The van der Waals surface area contributed by atoms with Gasteiger partial charge in [-0.25, -0.2) is 9.89 Å². The molecule has 2 rings (SSSR count). The van der Waals surface area contributed by atoms with Gasteiger partial charge in [0.15, 0.2) is 5.69 Å². The van der Waals surface area contributed by atoms with Crippen molar-refractivity contribution in [1.82, 2.24) is 25.4 Å². The van der Waals surface area contributed by atoms with E-state index in [1.807, 2.05) is 0 Å². The zero-order chi connectivity index (χ0) is 10.1. The van der Waals surface area contributed by atoms with Gasteiger partial charge in [0.2, 0.25) is 0 Å². The van der Waals surface area contributed by atoms with E-state index >= 15 is 0 Å². The van der Waals surface area contributed by atoms with Crippen LogP contribution in [0.15, 0.2) is 9.32 Å². The maximum Gasteiger partial charge on any atom is 0.366 e. The number of aryl methyl sites for hydroxylation is 1. The normalized spacial score (nSPS) is 10.4. The third kappa shape index (κ3) is 1.08. The number of methoxy groups -OCH3 is 1. The summed E-state index contributed by atoms with van der Waals surface area (Å²) in [6.45, 7) is 1.67. The summed E-state index contributed by atoms with van der Waals surface area (Å²) in [5, 5.41) is 12.7. The van der Waals surface area contributed by atoms with E-state index in [1.54, 1.807) is 6.92 Å². The van der Waals surface area contributed by atoms with Gasteiger partial charge in [-0.1, -0.05) is 5.16 Å². The molecule has 0 aromatic carbocycles. The van der Waals surface area contributed by atoms with Crippen molar-refractivity contribution < 1.29 is 9.26 Å². The van der Waals surface area contributed by atoms with Crippen LogP contribution in [0, 0.1) is 6.92 Å². The van der Waals surface area contributed by atoms with Gasteiger partial charge in [0.1, 0.15) is 5.69 Å². The van der Waals surface area contributed by atoms with Gasteiger partial charge in [0.25, 0.3) is 0 Å². The summed E-state index contributed by atoms with van der Waals surface area (Å²) in [5.41, 5.74) is 0.374. The molecular weight excluding hydrogens is 190 g/mol. The first-order valence-corrected chi connectivity index (χ1v) is 3.75. The molecule has 0 amide bonds. The van der Waals surface area contributed by atoms with Crippen molar-refractivity contribution in [3.8, 4) is 11.6 Å². The molecule has 0 spiro atoms. The molecule has 8 nitrogen and oxygen atoms in total. The molecule has 0 aliphatic carbocycles. The Bertz CT molecular complexity index is 496. The molecule has 2 heterocycles. The molecule has 0 atom stereocenters. The van der Waals surface area contributed by atoms with Crippen molar-refractivity contribution in [2.45, 2.75) is 6.92 Å². The summed E-state index contributed by atoms with van der Waals surface area (Å²) in [5.74, 6) is 0.124. The lowest BCUT2D eigenvalue weighted by Gasteiger charge is -1.96. The molecule has 0 aliphatic heterocycles. The summed E-state index contributed by atoms with van der Waals surface area (Å²) >= 11 is 0. The minimum atomic E-state index is -0.477. The van der Waals surface area contributed by atoms with Crippen LogP contribution in [0.25, 0.3) is 5.69 Å². The van der Waals surface area contributed by atoms with Crippen LogP contribution in [0.5, 0.6) is 5.95 Å². The summed E-state index contributed by atoms with van der Waals surface area (Å²) in [7, 11) is 1.41. The van der Waals surface area contributed by atoms with E-state index in [2.05, 4.69) is 20.7 Å². The molecule has 0 saturated heterocycles. The van der Waals surface area contributed by atoms with Gasteiger partial charge < -0.3 is 9.26 Å². The van der Waals surface area contributed by atoms with Crippen LogP contribution in [0.2, 0.25) is 0 Å². The third-order valence-electron chi connectivity index (χ3n) is 1.67. The van der Waals surface area contributed by atoms with E-state index in [0.29, 0.717) is 11.4 Å². The Morgan fingerprint density at radius 3 is 2.93 bits per heavy atom. The van der Waals surface area contributed by atoms with Crippen molar-refractivity contribution in [3.63, 3.8) is 0 Å². The second kappa shape index (κ2) is 2.98. The second-order valence-corrected chi connectivity index (χ2v) is 2.53. The Balaban J connectivity index is 2.66. The first-order valence-electron chi connectivity index (χ1n) is 3.75. The van der Waals surface area contributed by atoms with Crippen LogP contribution in [0.3, 0.4) is 0 Å². The van der Waals surface area contributed by atoms with E-state index < -0.39 is 5.69 Å². The smallest absolute Gasteiger partial charge is 0.366 e. The molecule has 0 fully saturated rings. The van der Waals surface area contributed by atoms with Crippen molar-refractivity contribution in [2.24, 2.45) is 0 Å². The Morgan fingerprint density at radius 1 is 1.57 bits per heavy atom. The molecule has 2 aromatic heterocycles. The number of tetrazole rings is 1. The minimum absolute atomic E-state index is 0.124. The zero-order valence-electron chi connectivity index (χ0n) is 7.51. The van der Waals surface area contributed by atoms with Crippen LogP contribution in [0.4, 0.5) is 0 Å². The Labute approximate surface area is 77.4 Å². The average molecular weight is 197 g/mol. The summed E-state index contributed by atoms with van der Waals surface area (Å²) in [6, 6.07) is 0. The van der Waals surface area contributed by atoms with Gasteiger partial charge in [0.05, 0.1) is 7.11 Å². The number of nitrogens with zero attached hydrogens (tertiary/aromatic N) is 4. The molecule has 0 unspecified atom stereocenters. The average Bonchev–Trinajstić information content (AvgIpc) is 2.72. The fourth-order valence-electron chi connectivity index (χ4n) is 1.06. The SMILES string of the molecule is COc1onc(C)c1-n1nn[nH]c1=O. The number of aromatic nitrogens is 5. The Kier molecular flexibility index (Phi) is 1.80. The van der Waals surface area contributed by atoms with Crippen LogP contribution < -0.4 is 10.4 Å². The second-order valence-electron chi connectivity index (χ2n) is 2.53. The molecule has 1 N–H and O–H groups in total. The number of rotatable bonds is 2. The predicted octanol–water partition coefficient (Wildman–Crippen LogP) is -0.739. The summed E-state index contributed by atoms with van der Waals surface area (Å²) < 4.78 is 10.7. The highest BCUT2D eigenvalue weighted by molar-refractivity contribution is 5.41. The number of hydrogen-bond donors (Lipinski definition) is 1. The largest absolute Gasteiger partial charge is 0.466 e. The number of aromatic amines is 1. The van der Waals surface area contributed by atoms with Crippen molar-refractivity contribution in [1.29, 1.82) is 0 Å². The highest BCUT2D eigenvalue weighted by Gasteiger charge is 2.18. The monoisotopic (exact) mass is 197 g/mol. The predicted molar refractivity (Wildman–Crippen MR) is 43.3 cm³/mol. The maximum absolute atomic E-state index is 11.2. The first kappa shape index (κ1) is 8.48. The molecule has 0 bridgehead atoms. The lowest BCUT2D eigenvalue weighted by atomic mass is 10.4. The third-order valence-corrected chi connectivity index (χ3v) is 1.67. The molecule has 14 heavy (non-hydrogen) atoms. The van der Waals surface area contributed by atoms with Gasteiger partial charge in [-0.2, -0.15) is 4.68 Å². The van der Waals surface area contributed by atoms with Crippen LogP contribution >= 0.6 is 0 Å². The van der Waals surface area contributed by atoms with Crippen LogP contribution in [0.1, 0.15) is 5.69 Å². The number of H-pyrrole nitrogens is 1. The summed E-state index contributed by atoms with van der Waals surface area (Å²) in [6.07, 6.45) is 0. The standard InChI is InChI=1S/C6H7N5O3/c1-3-4(5(13-2)14-8-3)11-6(12)7-9-10-11/h1-2H3,(H,7,10,12). The minimum Gasteiger partial charge on any atom is -0.466 e. The molecule has 0 radical (unpaired) electrons. The van der Waals surface area contributed by atoms with E-state index in [4.69, 9.17) is 9.26 Å². The topological polar surface area (TPSA) is 98.8 Å². The zero-order valence-corrected chi connectivity index (χ0v) is 7.51. The highest BCUT2D eigenvalue weighted by atomic mass is 16.6. The molecule has 0 aliphatic rings. The van der Waals surface area contributed by atoms with E-state index in [1.165, 1.54) is 7.11 Å². The molecule has 74 valence electrons. The van der Waals surface area contributed by atoms with E-state index in [-0.39, 0.29) is 5.95 Å². The first-order chi connectivity index (χ1) is 6.74. The quantitative estimate of drug-likeness (QED) is 0.680. The molecule has 0 saturated carbocycles. The van der Waals surface area contributed by atoms with E-state index in [9.17, 15) is 4.79 Å². The fourth-order valence-corrected chi connectivity index (χ4v) is 1.06. The fraction of sp³-hybridized carbons (Fsp3) is 0.333. The van der Waals surface area contributed by atoms with E-state index in [0.717, 1.165) is 4.68 Å². The molecular formula is C6H7N5O3. The van der Waals surface area contributed by atoms with Gasteiger partial charge in [-0.05, 0) is 17.4 Å². The van der Waals surface area contributed by atoms with Gasteiger partial charge >= 0.3 is 11.6 Å².